The van der Waals surface area contributed by atoms with Gasteiger partial charge >= 0.3 is 6.09 Å². The average molecular weight is 209 g/mol. The minimum Gasteiger partial charge on any atom is -0.465 e. The summed E-state index contributed by atoms with van der Waals surface area (Å²) in [6.07, 6.45) is 1.57. The fraction of sp³-hybridized carbons (Fsp3) is 0.600. The summed E-state index contributed by atoms with van der Waals surface area (Å²) in [7, 11) is 3.73. The van der Waals surface area contributed by atoms with Gasteiger partial charge in [-0.05, 0) is 12.3 Å². The van der Waals surface area contributed by atoms with E-state index in [0.717, 1.165) is 0 Å². The third-order valence-electron chi connectivity index (χ3n) is 2.29. The van der Waals surface area contributed by atoms with Crippen molar-refractivity contribution in [3.8, 4) is 6.07 Å². The van der Waals surface area contributed by atoms with Crippen LogP contribution in [-0.2, 0) is 0 Å². The second-order valence-electron chi connectivity index (χ2n) is 3.99. The summed E-state index contributed by atoms with van der Waals surface area (Å²) < 4.78 is 0. The minimum absolute atomic E-state index is 0.298. The summed E-state index contributed by atoms with van der Waals surface area (Å²) in [5, 5.41) is 17.5. The number of nitrogens with zero attached hydrogens (tertiary/aromatic N) is 3. The van der Waals surface area contributed by atoms with E-state index >= 15 is 0 Å². The lowest BCUT2D eigenvalue weighted by Crippen LogP contribution is -2.49. The summed E-state index contributed by atoms with van der Waals surface area (Å²) in [5.74, 6) is 0.298. The molecule has 0 unspecified atom stereocenters. The predicted octanol–water partition coefficient (Wildman–Crippen LogP) is 0.955. The van der Waals surface area contributed by atoms with E-state index in [9.17, 15) is 4.79 Å². The van der Waals surface area contributed by atoms with Crippen LogP contribution >= 0.6 is 0 Å². The molecule has 0 bridgehead atoms. The Balaban J connectivity index is 2.38. The number of carboxylic acid groups (broad SMARTS) is 1. The Morgan fingerprint density at radius 3 is 2.67 bits per heavy atom. The highest BCUT2D eigenvalue weighted by molar-refractivity contribution is 5.66. The molecule has 1 aliphatic rings. The molecule has 5 heteroatoms. The maximum absolute atomic E-state index is 10.5. The number of nitriles is 1. The molecular weight excluding hydrogens is 194 g/mol. The van der Waals surface area contributed by atoms with Crippen LogP contribution in [0.25, 0.3) is 0 Å². The topological polar surface area (TPSA) is 67.6 Å². The molecule has 0 radical (unpaired) electrons. The Kier molecular flexibility index (Phi) is 3.56. The summed E-state index contributed by atoms with van der Waals surface area (Å²) in [4.78, 5) is 13.7. The molecule has 5 nitrogen and oxygen atoms in total. The molecule has 1 aliphatic heterocycles. The maximum Gasteiger partial charge on any atom is 0.407 e. The van der Waals surface area contributed by atoms with Gasteiger partial charge in [0.05, 0.1) is 6.07 Å². The molecule has 82 valence electrons. The Morgan fingerprint density at radius 2 is 2.27 bits per heavy atom. The van der Waals surface area contributed by atoms with E-state index in [0.29, 0.717) is 31.0 Å². The average Bonchev–Trinajstić information content (AvgIpc) is 2.06. The first-order valence-electron chi connectivity index (χ1n) is 4.78. The van der Waals surface area contributed by atoms with Crippen molar-refractivity contribution in [3.63, 3.8) is 0 Å². The maximum atomic E-state index is 10.5. The van der Waals surface area contributed by atoms with Crippen LogP contribution in [0.5, 0.6) is 0 Å². The van der Waals surface area contributed by atoms with Crippen molar-refractivity contribution in [2.75, 3.05) is 27.2 Å². The molecule has 0 spiro atoms. The van der Waals surface area contributed by atoms with Crippen molar-refractivity contribution < 1.29 is 9.90 Å². The molecule has 0 aliphatic carbocycles. The van der Waals surface area contributed by atoms with Crippen LogP contribution in [-0.4, -0.2) is 48.2 Å². The van der Waals surface area contributed by atoms with Crippen molar-refractivity contribution in [1.82, 2.24) is 9.80 Å². The zero-order chi connectivity index (χ0) is 11.4. The van der Waals surface area contributed by atoms with Gasteiger partial charge in [-0.25, -0.2) is 4.79 Å². The number of likely N-dealkylation sites (tertiary alicyclic amines) is 1. The largest absolute Gasteiger partial charge is 0.465 e. The van der Waals surface area contributed by atoms with Crippen LogP contribution in [0.4, 0.5) is 4.79 Å². The van der Waals surface area contributed by atoms with Crippen molar-refractivity contribution in [1.29, 1.82) is 5.26 Å². The second kappa shape index (κ2) is 4.69. The fourth-order valence-corrected chi connectivity index (χ4v) is 1.61. The molecule has 1 N–H and O–H groups in total. The summed E-state index contributed by atoms with van der Waals surface area (Å²) in [6, 6.07) is 2.13. The van der Waals surface area contributed by atoms with Crippen LogP contribution in [0.3, 0.4) is 0 Å². The molecule has 0 atom stereocenters. The smallest absolute Gasteiger partial charge is 0.407 e. The lowest BCUT2D eigenvalue weighted by molar-refractivity contribution is 0.0821. The number of carbonyl (C=O) groups is 1. The summed E-state index contributed by atoms with van der Waals surface area (Å²) in [6.45, 7) is 1.09. The van der Waals surface area contributed by atoms with Crippen LogP contribution in [0.15, 0.2) is 11.8 Å². The van der Waals surface area contributed by atoms with Crippen LogP contribution in [0.1, 0.15) is 6.42 Å². The Bertz CT molecular complexity index is 311. The van der Waals surface area contributed by atoms with Crippen molar-refractivity contribution in [3.05, 3.63) is 11.8 Å². The number of rotatable bonds is 3. The summed E-state index contributed by atoms with van der Waals surface area (Å²) >= 11 is 0. The first-order valence-corrected chi connectivity index (χ1v) is 4.78. The van der Waals surface area contributed by atoms with E-state index in [1.807, 2.05) is 19.0 Å². The number of hydrogen-bond donors (Lipinski definition) is 1. The molecule has 0 aromatic carbocycles. The van der Waals surface area contributed by atoms with Gasteiger partial charge < -0.3 is 14.9 Å². The van der Waals surface area contributed by atoms with Crippen molar-refractivity contribution >= 4 is 6.09 Å². The lowest BCUT2D eigenvalue weighted by atomic mass is 9.93. The molecule has 1 saturated heterocycles. The Morgan fingerprint density at radius 1 is 1.67 bits per heavy atom. The normalized spacial score (nSPS) is 16.9. The van der Waals surface area contributed by atoms with Gasteiger partial charge in [-0.1, -0.05) is 0 Å². The van der Waals surface area contributed by atoms with Gasteiger partial charge in [0.25, 0.3) is 0 Å². The van der Waals surface area contributed by atoms with E-state index in [4.69, 9.17) is 10.4 Å². The van der Waals surface area contributed by atoms with Gasteiger partial charge in [-0.15, -0.1) is 0 Å². The van der Waals surface area contributed by atoms with Gasteiger partial charge in [0.2, 0.25) is 0 Å². The highest BCUT2D eigenvalue weighted by Gasteiger charge is 2.30. The van der Waals surface area contributed by atoms with Crippen LogP contribution in [0, 0.1) is 17.2 Å². The fourth-order valence-electron chi connectivity index (χ4n) is 1.61. The first-order chi connectivity index (χ1) is 7.02. The molecule has 0 saturated carbocycles. The van der Waals surface area contributed by atoms with E-state index < -0.39 is 6.09 Å². The van der Waals surface area contributed by atoms with Crippen LogP contribution in [0.2, 0.25) is 0 Å². The monoisotopic (exact) mass is 209 g/mol. The van der Waals surface area contributed by atoms with Gasteiger partial charge in [0.1, 0.15) is 0 Å². The highest BCUT2D eigenvalue weighted by Crippen LogP contribution is 2.22. The minimum atomic E-state index is -0.874. The molecule has 0 aromatic heterocycles. The van der Waals surface area contributed by atoms with Crippen LogP contribution < -0.4 is 0 Å². The van der Waals surface area contributed by atoms with E-state index in [2.05, 4.69) is 6.07 Å². The molecule has 1 rings (SSSR count). The Labute approximate surface area is 89.2 Å². The second-order valence-corrected chi connectivity index (χ2v) is 3.99. The van der Waals surface area contributed by atoms with E-state index in [1.165, 1.54) is 4.90 Å². The molecule has 0 aromatic rings. The zero-order valence-corrected chi connectivity index (χ0v) is 8.97. The molecular formula is C10H15N3O2. The molecule has 1 amide bonds. The van der Waals surface area contributed by atoms with Crippen molar-refractivity contribution in [2.24, 2.45) is 5.92 Å². The molecule has 1 heterocycles. The molecule has 1 fully saturated rings. The van der Waals surface area contributed by atoms with Gasteiger partial charge in [-0.3, -0.25) is 0 Å². The number of amides is 1. The number of hydrogen-bond acceptors (Lipinski definition) is 3. The van der Waals surface area contributed by atoms with Gasteiger partial charge in [0.15, 0.2) is 0 Å². The SMILES string of the molecule is CN(C)/C=C(\C#N)CC1CN(C(=O)O)C1. The Hall–Kier alpha value is -1.70. The van der Waals surface area contributed by atoms with Gasteiger partial charge in [-0.2, -0.15) is 5.26 Å². The third kappa shape index (κ3) is 3.17. The van der Waals surface area contributed by atoms with Crippen molar-refractivity contribution in [2.45, 2.75) is 6.42 Å². The third-order valence-corrected chi connectivity index (χ3v) is 2.29. The number of allylic oxidation sites excluding steroid dienone is 1. The molecule has 15 heavy (non-hydrogen) atoms. The first kappa shape index (κ1) is 11.4. The van der Waals surface area contributed by atoms with E-state index in [-0.39, 0.29) is 0 Å². The standard InChI is InChI=1S/C10H15N3O2/c1-12(2)5-8(4-11)3-9-6-13(7-9)10(14)15/h5,9H,3,6-7H2,1-2H3,(H,14,15)/b8-5-. The van der Waals surface area contributed by atoms with Gasteiger partial charge in [0, 0.05) is 39.0 Å². The quantitative estimate of drug-likeness (QED) is 0.703. The lowest BCUT2D eigenvalue weighted by Gasteiger charge is -2.37. The zero-order valence-electron chi connectivity index (χ0n) is 8.97. The van der Waals surface area contributed by atoms with E-state index in [1.54, 1.807) is 6.20 Å². The predicted molar refractivity (Wildman–Crippen MR) is 55.1 cm³/mol. The highest BCUT2D eigenvalue weighted by atomic mass is 16.4. The summed E-state index contributed by atoms with van der Waals surface area (Å²) in [5.41, 5.74) is 0.704.